The van der Waals surface area contributed by atoms with Crippen molar-refractivity contribution in [3.63, 3.8) is 0 Å². The van der Waals surface area contributed by atoms with Crippen LogP contribution in [0.4, 0.5) is 11.5 Å². The Morgan fingerprint density at radius 2 is 1.88 bits per heavy atom. The smallest absolute Gasteiger partial charge is 0.221 e. The minimum absolute atomic E-state index is 0.113. The number of carbonyl (C=O) groups excluding carboxylic acids is 1. The van der Waals surface area contributed by atoms with Crippen molar-refractivity contribution in [3.05, 3.63) is 60.3 Å². The summed E-state index contributed by atoms with van der Waals surface area (Å²) in [6.45, 7) is 3.55. The summed E-state index contributed by atoms with van der Waals surface area (Å²) in [5, 5.41) is 12.4. The lowest BCUT2D eigenvalue weighted by Gasteiger charge is -2.16. The highest BCUT2D eigenvalue weighted by atomic mass is 16.3. The van der Waals surface area contributed by atoms with Crippen molar-refractivity contribution in [3.8, 4) is 28.0 Å². The molecule has 0 spiro atoms. The first-order valence-corrected chi connectivity index (χ1v) is 8.44. The summed E-state index contributed by atoms with van der Waals surface area (Å²) in [7, 11) is 0. The van der Waals surface area contributed by atoms with Crippen molar-refractivity contribution in [2.45, 2.75) is 20.3 Å². The number of anilines is 2. The van der Waals surface area contributed by atoms with Crippen LogP contribution >= 0.6 is 0 Å². The van der Waals surface area contributed by atoms with Gasteiger partial charge >= 0.3 is 0 Å². The van der Waals surface area contributed by atoms with E-state index in [2.05, 4.69) is 17.2 Å². The molecular formula is C21H21N3O2. The van der Waals surface area contributed by atoms with Gasteiger partial charge in [0.15, 0.2) is 0 Å². The maximum absolute atomic E-state index is 11.3. The van der Waals surface area contributed by atoms with Crippen molar-refractivity contribution in [1.82, 2.24) is 4.98 Å². The molecule has 3 rings (SSSR count). The van der Waals surface area contributed by atoms with Crippen LogP contribution in [0.15, 0.2) is 54.7 Å². The molecule has 0 unspecified atom stereocenters. The Hall–Kier alpha value is -3.34. The molecule has 5 heteroatoms. The Labute approximate surface area is 152 Å². The minimum Gasteiger partial charge on any atom is -0.508 e. The second-order valence-electron chi connectivity index (χ2n) is 6.07. The molecule has 0 aliphatic heterocycles. The van der Waals surface area contributed by atoms with E-state index >= 15 is 0 Å². The van der Waals surface area contributed by atoms with Crippen LogP contribution in [0.2, 0.25) is 0 Å². The number of carbonyl (C=O) groups is 1. The summed E-state index contributed by atoms with van der Waals surface area (Å²) in [6.07, 6.45) is 2.54. The summed E-state index contributed by atoms with van der Waals surface area (Å²) in [4.78, 5) is 15.7. The van der Waals surface area contributed by atoms with Gasteiger partial charge in [-0.2, -0.15) is 0 Å². The van der Waals surface area contributed by atoms with Gasteiger partial charge in [-0.25, -0.2) is 4.98 Å². The number of aromatic hydroxyl groups is 1. The van der Waals surface area contributed by atoms with E-state index in [0.717, 1.165) is 39.9 Å². The van der Waals surface area contributed by atoms with Crippen LogP contribution in [0.25, 0.3) is 22.3 Å². The number of nitrogens with two attached hydrogens (primary N) is 1. The monoisotopic (exact) mass is 347 g/mol. The van der Waals surface area contributed by atoms with Gasteiger partial charge in [-0.15, -0.1) is 0 Å². The number of rotatable bonds is 4. The van der Waals surface area contributed by atoms with E-state index in [9.17, 15) is 9.90 Å². The molecule has 5 nitrogen and oxygen atoms in total. The van der Waals surface area contributed by atoms with Gasteiger partial charge < -0.3 is 16.2 Å². The average molecular weight is 347 g/mol. The normalized spacial score (nSPS) is 10.5. The molecule has 0 aliphatic rings. The molecule has 1 amide bonds. The molecule has 1 heterocycles. The maximum atomic E-state index is 11.3. The predicted octanol–water partition coefficient (Wildman–Crippen LogP) is 4.22. The lowest BCUT2D eigenvalue weighted by Crippen LogP contribution is -2.06. The number of benzene rings is 2. The topological polar surface area (TPSA) is 88.2 Å². The molecule has 0 saturated carbocycles. The number of nitrogens with zero attached hydrogens (tertiary/aromatic N) is 1. The number of pyridine rings is 1. The van der Waals surface area contributed by atoms with E-state index in [-0.39, 0.29) is 11.7 Å². The number of hydrogen-bond acceptors (Lipinski definition) is 4. The Bertz CT molecular complexity index is 950. The van der Waals surface area contributed by atoms with Gasteiger partial charge in [0.1, 0.15) is 11.6 Å². The van der Waals surface area contributed by atoms with Gasteiger partial charge in [0, 0.05) is 29.9 Å². The highest BCUT2D eigenvalue weighted by Crippen LogP contribution is 2.36. The number of amides is 1. The van der Waals surface area contributed by atoms with Crippen LogP contribution in [-0.2, 0) is 11.2 Å². The van der Waals surface area contributed by atoms with Crippen LogP contribution in [0.5, 0.6) is 5.75 Å². The summed E-state index contributed by atoms with van der Waals surface area (Å²) in [5.74, 6) is 0.546. The Balaban J connectivity index is 2.16. The second kappa shape index (κ2) is 7.27. The molecule has 0 saturated heterocycles. The van der Waals surface area contributed by atoms with Crippen LogP contribution in [0.3, 0.4) is 0 Å². The molecule has 0 bridgehead atoms. The van der Waals surface area contributed by atoms with Crippen LogP contribution in [0, 0.1) is 0 Å². The van der Waals surface area contributed by atoms with E-state index in [1.54, 1.807) is 18.3 Å². The quantitative estimate of drug-likeness (QED) is 0.659. The molecule has 26 heavy (non-hydrogen) atoms. The predicted molar refractivity (Wildman–Crippen MR) is 105 cm³/mol. The molecule has 0 fully saturated rings. The zero-order valence-electron chi connectivity index (χ0n) is 14.8. The SMILES string of the molecule is CCc1c(-c2cccc(NC(C)=O)c2)cnc(N)c1-c1ccc(O)cc1. The van der Waals surface area contributed by atoms with Crippen molar-refractivity contribution in [2.24, 2.45) is 0 Å². The van der Waals surface area contributed by atoms with Gasteiger partial charge in [0.05, 0.1) is 0 Å². The summed E-state index contributed by atoms with van der Waals surface area (Å²) in [6, 6.07) is 14.6. The maximum Gasteiger partial charge on any atom is 0.221 e. The molecule has 2 aromatic carbocycles. The van der Waals surface area contributed by atoms with Crippen LogP contribution < -0.4 is 11.1 Å². The van der Waals surface area contributed by atoms with Crippen LogP contribution in [-0.4, -0.2) is 16.0 Å². The van der Waals surface area contributed by atoms with Gasteiger partial charge in [0.25, 0.3) is 0 Å². The first-order valence-electron chi connectivity index (χ1n) is 8.44. The molecule has 4 N–H and O–H groups in total. The van der Waals surface area contributed by atoms with E-state index in [4.69, 9.17) is 5.73 Å². The highest BCUT2D eigenvalue weighted by molar-refractivity contribution is 5.90. The van der Waals surface area contributed by atoms with E-state index in [1.807, 2.05) is 36.4 Å². The third-order valence-corrected chi connectivity index (χ3v) is 4.22. The second-order valence-corrected chi connectivity index (χ2v) is 6.07. The highest BCUT2D eigenvalue weighted by Gasteiger charge is 2.15. The molecule has 0 atom stereocenters. The van der Waals surface area contributed by atoms with Crippen molar-refractivity contribution in [2.75, 3.05) is 11.1 Å². The van der Waals surface area contributed by atoms with Crippen molar-refractivity contribution in [1.29, 1.82) is 0 Å². The standard InChI is InChI=1S/C21H21N3O2/c1-3-18-19(15-5-4-6-16(11-15)24-13(2)25)12-23-21(22)20(18)14-7-9-17(26)10-8-14/h4-12,26H,3H2,1-2H3,(H2,22,23)(H,24,25). The van der Waals surface area contributed by atoms with E-state index in [0.29, 0.717) is 5.82 Å². The minimum atomic E-state index is -0.113. The lowest BCUT2D eigenvalue weighted by molar-refractivity contribution is -0.114. The number of nitrogens with one attached hydrogen (secondary N) is 1. The number of hydrogen-bond donors (Lipinski definition) is 3. The summed E-state index contributed by atoms with van der Waals surface area (Å²) >= 11 is 0. The van der Waals surface area contributed by atoms with Gasteiger partial charge in [0.2, 0.25) is 5.91 Å². The Morgan fingerprint density at radius 1 is 1.15 bits per heavy atom. The fourth-order valence-electron chi connectivity index (χ4n) is 3.10. The van der Waals surface area contributed by atoms with Crippen LogP contribution in [0.1, 0.15) is 19.4 Å². The molecular weight excluding hydrogens is 326 g/mol. The Kier molecular flexibility index (Phi) is 4.89. The number of aromatic nitrogens is 1. The van der Waals surface area contributed by atoms with Crippen molar-refractivity contribution >= 4 is 17.4 Å². The average Bonchev–Trinajstić information content (AvgIpc) is 2.62. The number of phenols is 1. The lowest BCUT2D eigenvalue weighted by atomic mass is 9.92. The largest absolute Gasteiger partial charge is 0.508 e. The third-order valence-electron chi connectivity index (χ3n) is 4.22. The number of phenolic OH excluding ortho intramolecular Hbond substituents is 1. The zero-order valence-corrected chi connectivity index (χ0v) is 14.8. The van der Waals surface area contributed by atoms with E-state index in [1.165, 1.54) is 6.92 Å². The van der Waals surface area contributed by atoms with E-state index < -0.39 is 0 Å². The fourth-order valence-corrected chi connectivity index (χ4v) is 3.10. The third kappa shape index (κ3) is 3.52. The van der Waals surface area contributed by atoms with Gasteiger partial charge in [-0.3, -0.25) is 4.79 Å². The van der Waals surface area contributed by atoms with Crippen molar-refractivity contribution < 1.29 is 9.90 Å². The number of nitrogen functional groups attached to an aromatic ring is 1. The first-order chi connectivity index (χ1) is 12.5. The molecule has 1 aromatic heterocycles. The molecule has 3 aromatic rings. The fraction of sp³-hybridized carbons (Fsp3) is 0.143. The summed E-state index contributed by atoms with van der Waals surface area (Å²) in [5.41, 5.74) is 11.7. The Morgan fingerprint density at radius 3 is 2.54 bits per heavy atom. The van der Waals surface area contributed by atoms with Gasteiger partial charge in [-0.05, 0) is 47.4 Å². The molecule has 0 aliphatic carbocycles. The molecule has 132 valence electrons. The first kappa shape index (κ1) is 17.5. The summed E-state index contributed by atoms with van der Waals surface area (Å²) < 4.78 is 0. The van der Waals surface area contributed by atoms with Gasteiger partial charge in [-0.1, -0.05) is 31.2 Å². The molecule has 0 radical (unpaired) electrons. The zero-order chi connectivity index (χ0) is 18.7.